The number of carbonyl (C=O) groups excluding carboxylic acids is 1. The van der Waals surface area contributed by atoms with Gasteiger partial charge < -0.3 is 18.8 Å². The van der Waals surface area contributed by atoms with E-state index in [2.05, 4.69) is 19.1 Å². The lowest BCUT2D eigenvalue weighted by molar-refractivity contribution is 0.0684. The molecule has 9 heteroatoms. The first-order valence-electron chi connectivity index (χ1n) is 12.0. The Bertz CT molecular complexity index is 1320. The van der Waals surface area contributed by atoms with Crippen LogP contribution in [0.3, 0.4) is 0 Å². The Morgan fingerprint density at radius 2 is 2.00 bits per heavy atom. The number of likely N-dealkylation sites (tertiary alicyclic amines) is 1. The number of aryl methyl sites for hydroxylation is 1. The smallest absolute Gasteiger partial charge is 0.256 e. The summed E-state index contributed by atoms with van der Waals surface area (Å²) in [5, 5.41) is 1.45. The molecule has 0 spiro atoms. The third-order valence-electron chi connectivity index (χ3n) is 6.85. The van der Waals surface area contributed by atoms with Gasteiger partial charge in [0.15, 0.2) is 0 Å². The number of aromatic nitrogens is 4. The first kappa shape index (κ1) is 25.5. The van der Waals surface area contributed by atoms with Crippen molar-refractivity contribution in [3.63, 3.8) is 0 Å². The molecule has 1 saturated heterocycles. The van der Waals surface area contributed by atoms with Gasteiger partial charge in [-0.15, -0.1) is 12.4 Å². The highest BCUT2D eigenvalue weighted by molar-refractivity contribution is 6.36. The molecule has 0 bridgehead atoms. The molecule has 1 aliphatic heterocycles. The van der Waals surface area contributed by atoms with Crippen molar-refractivity contribution < 1.29 is 9.53 Å². The molecule has 1 aliphatic rings. The molecule has 7 nitrogen and oxygen atoms in total. The SMILES string of the molecule is CCOCCn1cc(C(=O)N2CCC(Cn3c(C)nc4cnccc43)CC2)c2c(Cl)cccc21.Cl. The normalized spacial score (nSPS) is 14.5. The van der Waals surface area contributed by atoms with Crippen LogP contribution in [0, 0.1) is 12.8 Å². The van der Waals surface area contributed by atoms with Gasteiger partial charge in [-0.25, -0.2) is 4.98 Å². The third-order valence-corrected chi connectivity index (χ3v) is 7.17. The molecule has 4 heterocycles. The van der Waals surface area contributed by atoms with E-state index < -0.39 is 0 Å². The number of hydrogen-bond acceptors (Lipinski definition) is 4. The van der Waals surface area contributed by atoms with Crippen molar-refractivity contribution in [2.24, 2.45) is 5.92 Å². The molecular weight excluding hydrogens is 485 g/mol. The van der Waals surface area contributed by atoms with Gasteiger partial charge in [0.05, 0.1) is 34.4 Å². The van der Waals surface area contributed by atoms with Crippen LogP contribution < -0.4 is 0 Å². The third kappa shape index (κ3) is 5.03. The number of amides is 1. The summed E-state index contributed by atoms with van der Waals surface area (Å²) in [6, 6.07) is 7.83. The Morgan fingerprint density at radius 1 is 1.20 bits per heavy atom. The molecule has 3 aromatic heterocycles. The van der Waals surface area contributed by atoms with Crippen molar-refractivity contribution >= 4 is 51.9 Å². The highest BCUT2D eigenvalue weighted by atomic mass is 35.5. The lowest BCUT2D eigenvalue weighted by atomic mass is 9.96. The maximum Gasteiger partial charge on any atom is 0.256 e. The van der Waals surface area contributed by atoms with Crippen molar-refractivity contribution in [3.05, 3.63) is 59.3 Å². The molecule has 0 saturated carbocycles. The van der Waals surface area contributed by atoms with E-state index in [4.69, 9.17) is 16.3 Å². The number of hydrogen-bond donors (Lipinski definition) is 0. The molecule has 186 valence electrons. The van der Waals surface area contributed by atoms with Gasteiger partial charge in [0.1, 0.15) is 11.3 Å². The molecule has 5 rings (SSSR count). The van der Waals surface area contributed by atoms with Crippen LogP contribution in [-0.2, 0) is 17.8 Å². The number of nitrogens with zero attached hydrogens (tertiary/aromatic N) is 5. The monoisotopic (exact) mass is 515 g/mol. The fraction of sp³-hybridized carbons (Fsp3) is 0.423. The van der Waals surface area contributed by atoms with Crippen LogP contribution in [0.1, 0.15) is 35.9 Å². The van der Waals surface area contributed by atoms with Gasteiger partial charge in [-0.2, -0.15) is 0 Å². The Balaban J connectivity index is 0.00000289. The maximum absolute atomic E-state index is 13.6. The van der Waals surface area contributed by atoms with Gasteiger partial charge in [-0.05, 0) is 50.8 Å². The molecule has 0 aliphatic carbocycles. The second kappa shape index (κ2) is 11.0. The van der Waals surface area contributed by atoms with E-state index in [1.807, 2.05) is 61.6 Å². The van der Waals surface area contributed by atoms with E-state index in [9.17, 15) is 4.79 Å². The molecule has 1 aromatic carbocycles. The largest absolute Gasteiger partial charge is 0.380 e. The van der Waals surface area contributed by atoms with E-state index in [1.165, 1.54) is 0 Å². The lowest BCUT2D eigenvalue weighted by Gasteiger charge is -2.32. The minimum absolute atomic E-state index is 0. The number of pyridine rings is 1. The average Bonchev–Trinajstić information content (AvgIpc) is 3.38. The number of rotatable bonds is 7. The van der Waals surface area contributed by atoms with Gasteiger partial charge in [0.25, 0.3) is 5.91 Å². The predicted molar refractivity (Wildman–Crippen MR) is 142 cm³/mol. The predicted octanol–water partition coefficient (Wildman–Crippen LogP) is 5.36. The number of carbonyl (C=O) groups is 1. The first-order valence-corrected chi connectivity index (χ1v) is 12.4. The van der Waals surface area contributed by atoms with Crippen LogP contribution in [0.4, 0.5) is 0 Å². The highest BCUT2D eigenvalue weighted by Gasteiger charge is 2.27. The zero-order valence-electron chi connectivity index (χ0n) is 20.1. The van der Waals surface area contributed by atoms with Gasteiger partial charge in [-0.3, -0.25) is 9.78 Å². The van der Waals surface area contributed by atoms with Crippen molar-refractivity contribution in [1.29, 1.82) is 0 Å². The van der Waals surface area contributed by atoms with E-state index in [1.54, 1.807) is 0 Å². The zero-order valence-corrected chi connectivity index (χ0v) is 21.7. The Morgan fingerprint density at radius 3 is 2.77 bits per heavy atom. The highest BCUT2D eigenvalue weighted by Crippen LogP contribution is 2.31. The van der Waals surface area contributed by atoms with Gasteiger partial charge in [0, 0.05) is 50.6 Å². The van der Waals surface area contributed by atoms with E-state index in [0.717, 1.165) is 60.2 Å². The van der Waals surface area contributed by atoms with Gasteiger partial charge in [0.2, 0.25) is 0 Å². The number of piperidine rings is 1. The Hall–Kier alpha value is -2.61. The number of halogens is 2. The van der Waals surface area contributed by atoms with Crippen LogP contribution >= 0.6 is 24.0 Å². The summed E-state index contributed by atoms with van der Waals surface area (Å²) in [5.74, 6) is 1.57. The molecule has 0 atom stereocenters. The fourth-order valence-corrected chi connectivity index (χ4v) is 5.31. The molecular formula is C26H31Cl2N5O2. The summed E-state index contributed by atoms with van der Waals surface area (Å²) in [4.78, 5) is 24.4. The van der Waals surface area contributed by atoms with E-state index in [0.29, 0.717) is 36.3 Å². The fourth-order valence-electron chi connectivity index (χ4n) is 5.04. The summed E-state index contributed by atoms with van der Waals surface area (Å²) in [6.07, 6.45) is 7.51. The summed E-state index contributed by atoms with van der Waals surface area (Å²) >= 11 is 6.56. The number of benzene rings is 1. The molecule has 1 fully saturated rings. The topological polar surface area (TPSA) is 65.2 Å². The summed E-state index contributed by atoms with van der Waals surface area (Å²) in [5.41, 5.74) is 3.72. The van der Waals surface area contributed by atoms with Crippen molar-refractivity contribution in [3.8, 4) is 0 Å². The van der Waals surface area contributed by atoms with Crippen molar-refractivity contribution in [2.45, 2.75) is 39.8 Å². The van der Waals surface area contributed by atoms with Crippen LogP contribution in [0.5, 0.6) is 0 Å². The van der Waals surface area contributed by atoms with Crippen LogP contribution in [0.2, 0.25) is 5.02 Å². The molecule has 0 N–H and O–H groups in total. The second-order valence-corrected chi connectivity index (χ2v) is 9.34. The average molecular weight is 516 g/mol. The van der Waals surface area contributed by atoms with Crippen molar-refractivity contribution in [2.75, 3.05) is 26.3 Å². The summed E-state index contributed by atoms with van der Waals surface area (Å²) in [6.45, 7) is 8.39. The maximum atomic E-state index is 13.6. The minimum Gasteiger partial charge on any atom is -0.380 e. The van der Waals surface area contributed by atoms with Crippen molar-refractivity contribution in [1.82, 2.24) is 24.0 Å². The zero-order chi connectivity index (χ0) is 23.7. The number of ether oxygens (including phenoxy) is 1. The number of fused-ring (bicyclic) bond motifs is 2. The molecule has 0 unspecified atom stereocenters. The van der Waals surface area contributed by atoms with Crippen LogP contribution in [0.25, 0.3) is 21.9 Å². The lowest BCUT2D eigenvalue weighted by Crippen LogP contribution is -2.39. The molecule has 1 amide bonds. The van der Waals surface area contributed by atoms with E-state index >= 15 is 0 Å². The summed E-state index contributed by atoms with van der Waals surface area (Å²) < 4.78 is 9.90. The molecule has 4 aromatic rings. The van der Waals surface area contributed by atoms with Gasteiger partial charge >= 0.3 is 0 Å². The van der Waals surface area contributed by atoms with Crippen LogP contribution in [0.15, 0.2) is 42.9 Å². The Labute approximate surface area is 216 Å². The standard InChI is InChI=1S/C26H30ClN5O2.ClH/c1-3-34-14-13-31-17-20(25-21(27)5-4-6-24(25)31)26(33)30-11-8-19(9-12-30)16-32-18(2)29-22-15-28-10-7-23(22)32;/h4-7,10,15,17,19H,3,8-9,11-14,16H2,1-2H3;1H. The summed E-state index contributed by atoms with van der Waals surface area (Å²) in [7, 11) is 0. The Kier molecular flexibility index (Phi) is 7.99. The second-order valence-electron chi connectivity index (χ2n) is 8.94. The minimum atomic E-state index is 0. The first-order chi connectivity index (χ1) is 16.6. The van der Waals surface area contributed by atoms with Gasteiger partial charge in [-0.1, -0.05) is 17.7 Å². The quantitative estimate of drug-likeness (QED) is 0.311. The molecule has 35 heavy (non-hydrogen) atoms. The number of imidazole rings is 1. The van der Waals surface area contributed by atoms with E-state index in [-0.39, 0.29) is 18.3 Å². The molecule has 0 radical (unpaired) electrons. The van der Waals surface area contributed by atoms with Crippen LogP contribution in [-0.4, -0.2) is 56.2 Å².